The summed E-state index contributed by atoms with van der Waals surface area (Å²) in [7, 11) is 0. The lowest BCUT2D eigenvalue weighted by atomic mass is 9.84. The molecule has 130 valence electrons. The van der Waals surface area contributed by atoms with Gasteiger partial charge in [-0.2, -0.15) is 0 Å². The second-order valence-electron chi connectivity index (χ2n) is 6.82. The van der Waals surface area contributed by atoms with Crippen molar-refractivity contribution >= 4 is 11.8 Å². The molecule has 1 aromatic heterocycles. The van der Waals surface area contributed by atoms with Crippen molar-refractivity contribution in [1.82, 2.24) is 20.5 Å². The third-order valence-electron chi connectivity index (χ3n) is 4.99. The van der Waals surface area contributed by atoms with Crippen molar-refractivity contribution in [3.05, 3.63) is 30.1 Å². The highest BCUT2D eigenvalue weighted by Crippen LogP contribution is 2.26. The van der Waals surface area contributed by atoms with E-state index >= 15 is 0 Å². The third kappa shape index (κ3) is 4.77. The van der Waals surface area contributed by atoms with Gasteiger partial charge in [-0.1, -0.05) is 12.5 Å². The molecule has 0 radical (unpaired) electrons. The van der Waals surface area contributed by atoms with Gasteiger partial charge in [0.05, 0.1) is 6.54 Å². The molecule has 0 bridgehead atoms. The summed E-state index contributed by atoms with van der Waals surface area (Å²) in [6.45, 7) is 2.65. The Morgan fingerprint density at radius 3 is 2.62 bits per heavy atom. The molecule has 3 rings (SSSR count). The van der Waals surface area contributed by atoms with E-state index in [2.05, 4.69) is 20.5 Å². The number of carbonyl (C=O) groups is 2. The van der Waals surface area contributed by atoms with E-state index in [4.69, 9.17) is 0 Å². The van der Waals surface area contributed by atoms with E-state index in [0.717, 1.165) is 44.3 Å². The topological polar surface area (TPSA) is 74.3 Å². The van der Waals surface area contributed by atoms with Crippen molar-refractivity contribution in [2.75, 3.05) is 19.6 Å². The van der Waals surface area contributed by atoms with Gasteiger partial charge in [0, 0.05) is 44.0 Å². The van der Waals surface area contributed by atoms with Crippen LogP contribution in [0.4, 0.5) is 0 Å². The molecule has 1 saturated carbocycles. The van der Waals surface area contributed by atoms with Crippen molar-refractivity contribution in [3.8, 4) is 0 Å². The fourth-order valence-electron chi connectivity index (χ4n) is 3.19. The highest BCUT2D eigenvalue weighted by Gasteiger charge is 2.28. The van der Waals surface area contributed by atoms with E-state index < -0.39 is 0 Å². The molecular weight excluding hydrogens is 304 g/mol. The number of pyridine rings is 1. The van der Waals surface area contributed by atoms with Crippen LogP contribution in [0.1, 0.15) is 37.7 Å². The van der Waals surface area contributed by atoms with Crippen LogP contribution in [0.5, 0.6) is 0 Å². The summed E-state index contributed by atoms with van der Waals surface area (Å²) in [5.74, 6) is 0.519. The molecule has 0 unspecified atom stereocenters. The zero-order valence-electron chi connectivity index (χ0n) is 14.0. The number of rotatable bonds is 6. The summed E-state index contributed by atoms with van der Waals surface area (Å²) in [6.07, 6.45) is 8.60. The number of hydrogen-bond acceptors (Lipinski definition) is 4. The van der Waals surface area contributed by atoms with Gasteiger partial charge in [0.15, 0.2) is 0 Å². The van der Waals surface area contributed by atoms with Gasteiger partial charge in [-0.3, -0.25) is 19.5 Å². The number of amides is 2. The first-order valence-electron chi connectivity index (χ1n) is 8.89. The smallest absolute Gasteiger partial charge is 0.234 e. The average molecular weight is 330 g/mol. The van der Waals surface area contributed by atoms with Crippen LogP contribution >= 0.6 is 0 Å². The molecule has 2 amide bonds. The minimum Gasteiger partial charge on any atom is -0.353 e. The summed E-state index contributed by atoms with van der Waals surface area (Å²) in [4.78, 5) is 30.2. The molecule has 1 aliphatic heterocycles. The first kappa shape index (κ1) is 16.9. The van der Waals surface area contributed by atoms with Gasteiger partial charge in [0.25, 0.3) is 0 Å². The normalized spacial score (nSPS) is 19.5. The molecule has 0 spiro atoms. The largest absolute Gasteiger partial charge is 0.353 e. The van der Waals surface area contributed by atoms with Gasteiger partial charge < -0.3 is 10.6 Å². The quantitative estimate of drug-likeness (QED) is 0.818. The number of likely N-dealkylation sites (tertiary alicyclic amines) is 1. The van der Waals surface area contributed by atoms with Crippen molar-refractivity contribution < 1.29 is 9.59 Å². The van der Waals surface area contributed by atoms with Crippen LogP contribution in [0, 0.1) is 5.92 Å². The van der Waals surface area contributed by atoms with E-state index in [-0.39, 0.29) is 23.8 Å². The maximum Gasteiger partial charge on any atom is 0.234 e. The van der Waals surface area contributed by atoms with Crippen LogP contribution in [-0.2, 0) is 16.1 Å². The zero-order chi connectivity index (χ0) is 16.8. The number of nitrogens with one attached hydrogen (secondary N) is 2. The lowest BCUT2D eigenvalue weighted by molar-refractivity contribution is -0.129. The summed E-state index contributed by atoms with van der Waals surface area (Å²) in [5.41, 5.74) is 1.00. The van der Waals surface area contributed by atoms with Crippen LogP contribution in [0.25, 0.3) is 0 Å². The van der Waals surface area contributed by atoms with E-state index in [1.807, 2.05) is 12.1 Å². The first-order chi connectivity index (χ1) is 11.7. The van der Waals surface area contributed by atoms with Crippen LogP contribution in [0.15, 0.2) is 24.5 Å². The van der Waals surface area contributed by atoms with Crippen molar-refractivity contribution in [1.29, 1.82) is 0 Å². The molecule has 6 heteroatoms. The van der Waals surface area contributed by atoms with Crippen molar-refractivity contribution in [3.63, 3.8) is 0 Å². The Kier molecular flexibility index (Phi) is 5.80. The second-order valence-corrected chi connectivity index (χ2v) is 6.82. The molecule has 0 atom stereocenters. The van der Waals surface area contributed by atoms with Crippen molar-refractivity contribution in [2.45, 2.75) is 44.7 Å². The zero-order valence-corrected chi connectivity index (χ0v) is 14.0. The van der Waals surface area contributed by atoms with Gasteiger partial charge in [0.1, 0.15) is 0 Å². The minimum absolute atomic E-state index is 0.0378. The average Bonchev–Trinajstić information content (AvgIpc) is 2.54. The van der Waals surface area contributed by atoms with Gasteiger partial charge in [-0.15, -0.1) is 0 Å². The number of hydrogen-bond donors (Lipinski definition) is 2. The number of nitrogens with zero attached hydrogens (tertiary/aromatic N) is 2. The first-order valence-corrected chi connectivity index (χ1v) is 8.89. The maximum absolute atomic E-state index is 12.0. The summed E-state index contributed by atoms with van der Waals surface area (Å²) in [6, 6.07) is 4.08. The molecular formula is C18H26N4O2. The van der Waals surface area contributed by atoms with Crippen LogP contribution in [-0.4, -0.2) is 47.4 Å². The summed E-state index contributed by atoms with van der Waals surface area (Å²) >= 11 is 0. The lowest BCUT2D eigenvalue weighted by Gasteiger charge is -2.33. The van der Waals surface area contributed by atoms with Crippen LogP contribution < -0.4 is 10.6 Å². The Morgan fingerprint density at radius 1 is 1.21 bits per heavy atom. The standard InChI is InChI=1S/C18H26N4O2/c23-17(20-12-14-3-2-8-19-11-14)13-22-9-6-16(7-10-22)21-18(24)15-4-1-5-15/h2-3,8,11,15-16H,1,4-7,9-10,12-13H2,(H,20,23)(H,21,24). The second kappa shape index (κ2) is 8.24. The predicted molar refractivity (Wildman–Crippen MR) is 91.0 cm³/mol. The predicted octanol–water partition coefficient (Wildman–Crippen LogP) is 1.08. The molecule has 2 N–H and O–H groups in total. The Labute approximate surface area is 143 Å². The van der Waals surface area contributed by atoms with E-state index in [1.165, 1.54) is 6.42 Å². The Bertz CT molecular complexity index is 551. The van der Waals surface area contributed by atoms with E-state index in [9.17, 15) is 9.59 Å². The molecule has 6 nitrogen and oxygen atoms in total. The molecule has 24 heavy (non-hydrogen) atoms. The SMILES string of the molecule is O=C(CN1CCC(NC(=O)C2CCC2)CC1)NCc1cccnc1. The summed E-state index contributed by atoms with van der Waals surface area (Å²) in [5, 5.41) is 6.10. The fourth-order valence-corrected chi connectivity index (χ4v) is 3.19. The molecule has 1 aromatic rings. The highest BCUT2D eigenvalue weighted by atomic mass is 16.2. The Balaban J connectivity index is 1.32. The Morgan fingerprint density at radius 2 is 2.00 bits per heavy atom. The van der Waals surface area contributed by atoms with Gasteiger partial charge in [-0.05, 0) is 37.3 Å². The minimum atomic E-state index is 0.0378. The van der Waals surface area contributed by atoms with Gasteiger partial charge >= 0.3 is 0 Å². The molecule has 2 aliphatic rings. The van der Waals surface area contributed by atoms with E-state index in [0.29, 0.717) is 13.1 Å². The molecule has 2 heterocycles. The van der Waals surface area contributed by atoms with Crippen LogP contribution in [0.3, 0.4) is 0 Å². The molecule has 1 saturated heterocycles. The molecule has 1 aliphatic carbocycles. The van der Waals surface area contributed by atoms with Crippen molar-refractivity contribution in [2.24, 2.45) is 5.92 Å². The fraction of sp³-hybridized carbons (Fsp3) is 0.611. The number of carbonyl (C=O) groups excluding carboxylic acids is 2. The Hall–Kier alpha value is -1.95. The molecule has 2 fully saturated rings. The van der Waals surface area contributed by atoms with Gasteiger partial charge in [-0.25, -0.2) is 0 Å². The maximum atomic E-state index is 12.0. The van der Waals surface area contributed by atoms with Gasteiger partial charge in [0.2, 0.25) is 11.8 Å². The highest BCUT2D eigenvalue weighted by molar-refractivity contribution is 5.79. The summed E-state index contributed by atoms with van der Waals surface area (Å²) < 4.78 is 0. The molecule has 0 aromatic carbocycles. The van der Waals surface area contributed by atoms with E-state index in [1.54, 1.807) is 12.4 Å². The number of piperidine rings is 1. The monoisotopic (exact) mass is 330 g/mol. The third-order valence-corrected chi connectivity index (χ3v) is 4.99. The number of aromatic nitrogens is 1. The lowest BCUT2D eigenvalue weighted by Crippen LogP contribution is -2.49. The van der Waals surface area contributed by atoms with Crippen LogP contribution in [0.2, 0.25) is 0 Å².